The van der Waals surface area contributed by atoms with Crippen LogP contribution in [0.5, 0.6) is 0 Å². The first-order valence-electron chi connectivity index (χ1n) is 5.55. The molecule has 1 aliphatic carbocycles. The molecule has 1 aromatic rings. The SMILES string of the molecule is CC(C1CC1)C(NN)c1cccc(Br)c1F. The molecule has 3 N–H and O–H groups in total. The average Bonchev–Trinajstić information content (AvgIpc) is 3.08. The van der Waals surface area contributed by atoms with Gasteiger partial charge in [0.1, 0.15) is 5.82 Å². The zero-order valence-corrected chi connectivity index (χ0v) is 10.8. The summed E-state index contributed by atoms with van der Waals surface area (Å²) in [6, 6.07) is 5.23. The Morgan fingerprint density at radius 1 is 1.50 bits per heavy atom. The summed E-state index contributed by atoms with van der Waals surface area (Å²) in [5.74, 6) is 6.40. The van der Waals surface area contributed by atoms with Gasteiger partial charge in [-0.3, -0.25) is 11.3 Å². The molecule has 1 saturated carbocycles. The van der Waals surface area contributed by atoms with Gasteiger partial charge < -0.3 is 0 Å². The van der Waals surface area contributed by atoms with E-state index in [0.717, 1.165) is 0 Å². The van der Waals surface area contributed by atoms with Crippen LogP contribution in [0.1, 0.15) is 31.4 Å². The maximum absolute atomic E-state index is 13.9. The highest BCUT2D eigenvalue weighted by molar-refractivity contribution is 9.10. The number of nitrogens with two attached hydrogens (primary N) is 1. The second-order valence-electron chi connectivity index (χ2n) is 4.48. The second-order valence-corrected chi connectivity index (χ2v) is 5.34. The Bertz CT molecular complexity index is 379. The van der Waals surface area contributed by atoms with E-state index in [1.165, 1.54) is 12.8 Å². The summed E-state index contributed by atoms with van der Waals surface area (Å²) in [6.07, 6.45) is 2.46. The van der Waals surface area contributed by atoms with Crippen molar-refractivity contribution in [3.63, 3.8) is 0 Å². The number of nitrogens with one attached hydrogen (secondary N) is 1. The molecule has 1 aromatic carbocycles. The fraction of sp³-hybridized carbons (Fsp3) is 0.500. The van der Waals surface area contributed by atoms with E-state index in [2.05, 4.69) is 28.3 Å². The number of hydrazine groups is 1. The highest BCUT2D eigenvalue weighted by atomic mass is 79.9. The van der Waals surface area contributed by atoms with Crippen molar-refractivity contribution in [2.24, 2.45) is 17.7 Å². The van der Waals surface area contributed by atoms with Gasteiger partial charge in [-0.25, -0.2) is 4.39 Å². The van der Waals surface area contributed by atoms with Gasteiger partial charge in [0.25, 0.3) is 0 Å². The van der Waals surface area contributed by atoms with Gasteiger partial charge in [-0.2, -0.15) is 0 Å². The summed E-state index contributed by atoms with van der Waals surface area (Å²) >= 11 is 3.20. The summed E-state index contributed by atoms with van der Waals surface area (Å²) < 4.78 is 14.4. The van der Waals surface area contributed by atoms with Gasteiger partial charge in [-0.05, 0) is 46.7 Å². The molecule has 0 aliphatic heterocycles. The van der Waals surface area contributed by atoms with Crippen molar-refractivity contribution in [1.82, 2.24) is 5.43 Å². The highest BCUT2D eigenvalue weighted by Gasteiger charge is 2.34. The van der Waals surface area contributed by atoms with Crippen molar-refractivity contribution in [1.29, 1.82) is 0 Å². The third kappa shape index (κ3) is 2.29. The summed E-state index contributed by atoms with van der Waals surface area (Å²) in [4.78, 5) is 0. The van der Waals surface area contributed by atoms with Gasteiger partial charge in [0.05, 0.1) is 10.5 Å². The molecule has 4 heteroatoms. The summed E-state index contributed by atoms with van der Waals surface area (Å²) in [5, 5.41) is 0. The van der Waals surface area contributed by atoms with E-state index < -0.39 is 0 Å². The highest BCUT2D eigenvalue weighted by Crippen LogP contribution is 2.43. The van der Waals surface area contributed by atoms with Crippen LogP contribution in [0.25, 0.3) is 0 Å². The summed E-state index contributed by atoms with van der Waals surface area (Å²) in [5.41, 5.74) is 3.40. The molecule has 16 heavy (non-hydrogen) atoms. The Balaban J connectivity index is 2.28. The molecular weight excluding hydrogens is 271 g/mol. The lowest BCUT2D eigenvalue weighted by Gasteiger charge is -2.24. The smallest absolute Gasteiger partial charge is 0.142 e. The fourth-order valence-electron chi connectivity index (χ4n) is 2.18. The van der Waals surface area contributed by atoms with Gasteiger partial charge in [0, 0.05) is 5.56 Å². The number of halogens is 2. The van der Waals surface area contributed by atoms with E-state index in [1.54, 1.807) is 12.1 Å². The predicted molar refractivity (Wildman–Crippen MR) is 66.1 cm³/mol. The van der Waals surface area contributed by atoms with Gasteiger partial charge in [0.15, 0.2) is 0 Å². The molecule has 88 valence electrons. The van der Waals surface area contributed by atoms with Crippen LogP contribution in [0.4, 0.5) is 4.39 Å². The quantitative estimate of drug-likeness (QED) is 0.659. The van der Waals surface area contributed by atoms with Crippen molar-refractivity contribution in [3.8, 4) is 0 Å². The molecule has 0 radical (unpaired) electrons. The summed E-state index contributed by atoms with van der Waals surface area (Å²) in [6.45, 7) is 2.13. The topological polar surface area (TPSA) is 38.0 Å². The predicted octanol–water partition coefficient (Wildman–Crippen LogP) is 3.14. The van der Waals surface area contributed by atoms with Crippen LogP contribution in [-0.4, -0.2) is 0 Å². The average molecular weight is 287 g/mol. The maximum atomic E-state index is 13.9. The molecule has 2 unspecified atom stereocenters. The Kier molecular flexibility index (Phi) is 3.62. The Labute approximate surface area is 104 Å². The van der Waals surface area contributed by atoms with E-state index >= 15 is 0 Å². The Hall–Kier alpha value is -0.450. The zero-order valence-electron chi connectivity index (χ0n) is 9.21. The Morgan fingerprint density at radius 3 is 2.75 bits per heavy atom. The third-order valence-corrected chi connectivity index (χ3v) is 4.00. The first-order valence-corrected chi connectivity index (χ1v) is 6.34. The number of benzene rings is 1. The van der Waals surface area contributed by atoms with Gasteiger partial charge in [-0.1, -0.05) is 19.1 Å². The van der Waals surface area contributed by atoms with E-state index in [0.29, 0.717) is 21.9 Å². The normalized spacial score (nSPS) is 19.5. The van der Waals surface area contributed by atoms with Gasteiger partial charge >= 0.3 is 0 Å². The first kappa shape index (κ1) is 12.0. The van der Waals surface area contributed by atoms with Gasteiger partial charge in [0.2, 0.25) is 0 Å². The largest absolute Gasteiger partial charge is 0.271 e. The maximum Gasteiger partial charge on any atom is 0.142 e. The number of hydrogen-bond acceptors (Lipinski definition) is 2. The minimum atomic E-state index is -0.210. The minimum absolute atomic E-state index is 0.106. The van der Waals surface area contributed by atoms with Crippen molar-refractivity contribution in [2.45, 2.75) is 25.8 Å². The molecule has 0 saturated heterocycles. The van der Waals surface area contributed by atoms with Crippen molar-refractivity contribution >= 4 is 15.9 Å². The second kappa shape index (κ2) is 4.82. The van der Waals surface area contributed by atoms with Crippen LogP contribution in [0, 0.1) is 17.7 Å². The number of rotatable bonds is 4. The van der Waals surface area contributed by atoms with E-state index in [9.17, 15) is 4.39 Å². The Morgan fingerprint density at radius 2 is 2.19 bits per heavy atom. The van der Waals surface area contributed by atoms with Crippen molar-refractivity contribution < 1.29 is 4.39 Å². The van der Waals surface area contributed by atoms with E-state index in [4.69, 9.17) is 5.84 Å². The van der Waals surface area contributed by atoms with Crippen molar-refractivity contribution in [3.05, 3.63) is 34.1 Å². The third-order valence-electron chi connectivity index (χ3n) is 3.39. The standard InChI is InChI=1S/C12H16BrFN2/c1-7(8-5-6-8)12(16-15)9-3-2-4-10(13)11(9)14/h2-4,7-8,12,16H,5-6,15H2,1H3. The molecule has 0 amide bonds. The molecule has 1 fully saturated rings. The van der Waals surface area contributed by atoms with Crippen molar-refractivity contribution in [2.75, 3.05) is 0 Å². The lowest BCUT2D eigenvalue weighted by atomic mass is 9.91. The molecule has 2 atom stereocenters. The molecule has 2 nitrogen and oxygen atoms in total. The van der Waals surface area contributed by atoms with Gasteiger partial charge in [-0.15, -0.1) is 0 Å². The molecular formula is C12H16BrFN2. The van der Waals surface area contributed by atoms with Crippen LogP contribution in [0.15, 0.2) is 22.7 Å². The molecule has 0 heterocycles. The molecule has 1 aliphatic rings. The zero-order chi connectivity index (χ0) is 11.7. The van der Waals surface area contributed by atoms with E-state index in [-0.39, 0.29) is 11.9 Å². The first-order chi connectivity index (χ1) is 7.65. The number of hydrogen-bond donors (Lipinski definition) is 2. The fourth-order valence-corrected chi connectivity index (χ4v) is 2.56. The van der Waals surface area contributed by atoms with Crippen LogP contribution in [-0.2, 0) is 0 Å². The minimum Gasteiger partial charge on any atom is -0.271 e. The van der Waals surface area contributed by atoms with E-state index in [1.807, 2.05) is 6.07 Å². The lowest BCUT2D eigenvalue weighted by molar-refractivity contribution is 0.344. The van der Waals surface area contributed by atoms with Crippen LogP contribution in [0.2, 0.25) is 0 Å². The molecule has 0 spiro atoms. The monoisotopic (exact) mass is 286 g/mol. The summed E-state index contributed by atoms with van der Waals surface area (Å²) in [7, 11) is 0. The van der Waals surface area contributed by atoms with Crippen LogP contribution in [0.3, 0.4) is 0 Å². The molecule has 0 bridgehead atoms. The lowest BCUT2D eigenvalue weighted by Crippen LogP contribution is -2.34. The molecule has 0 aromatic heterocycles. The van der Waals surface area contributed by atoms with Crippen LogP contribution >= 0.6 is 15.9 Å². The van der Waals surface area contributed by atoms with Crippen LogP contribution < -0.4 is 11.3 Å². The molecule has 2 rings (SSSR count).